The number of amides is 1. The third kappa shape index (κ3) is 4.75. The first-order chi connectivity index (χ1) is 13.9. The molecule has 1 aromatic carbocycles. The van der Waals surface area contributed by atoms with E-state index in [1.54, 1.807) is 0 Å². The number of ether oxygens (including phenoxy) is 3. The monoisotopic (exact) mass is 418 g/mol. The summed E-state index contributed by atoms with van der Waals surface area (Å²) < 4.78 is 14.0. The van der Waals surface area contributed by atoms with Gasteiger partial charge < -0.3 is 19.5 Å². The van der Waals surface area contributed by atoms with Gasteiger partial charge in [0.15, 0.2) is 0 Å². The average Bonchev–Trinajstić information content (AvgIpc) is 2.75. The van der Waals surface area contributed by atoms with E-state index in [0.29, 0.717) is 5.56 Å². The highest BCUT2D eigenvalue weighted by Gasteiger charge is 2.44. The number of nitrogens with zero attached hydrogens (tertiary/aromatic N) is 1. The molecule has 2 rings (SSSR count). The van der Waals surface area contributed by atoms with Crippen LogP contribution in [-0.4, -0.2) is 50.9 Å². The summed E-state index contributed by atoms with van der Waals surface area (Å²) in [4.78, 5) is 48.0. The summed E-state index contributed by atoms with van der Waals surface area (Å²) in [5, 5.41) is 12.4. The number of esters is 3. The van der Waals surface area contributed by atoms with Gasteiger partial charge in [-0.2, -0.15) is 5.26 Å². The van der Waals surface area contributed by atoms with Crippen LogP contribution in [-0.2, 0) is 28.6 Å². The minimum atomic E-state index is -1.30. The summed E-state index contributed by atoms with van der Waals surface area (Å²) in [6.45, 7) is 0. The van der Waals surface area contributed by atoms with Crippen LogP contribution < -0.4 is 5.32 Å². The van der Waals surface area contributed by atoms with E-state index in [0.717, 1.165) is 18.9 Å². The molecule has 0 fully saturated rings. The predicted octanol–water partition coefficient (Wildman–Crippen LogP) is 1.12. The summed E-state index contributed by atoms with van der Waals surface area (Å²) in [6.07, 6.45) is 0. The molecule has 1 aromatic rings. The Hall–Kier alpha value is -3.32. The van der Waals surface area contributed by atoms with Gasteiger partial charge in [0.2, 0.25) is 5.91 Å². The fraction of sp³-hybridized carbons (Fsp3) is 0.316. The zero-order chi connectivity index (χ0) is 21.6. The largest absolute Gasteiger partial charge is 0.468 e. The van der Waals surface area contributed by atoms with Crippen molar-refractivity contribution in [3.63, 3.8) is 0 Å². The van der Waals surface area contributed by atoms with Crippen LogP contribution in [0.2, 0.25) is 0 Å². The van der Waals surface area contributed by atoms with Gasteiger partial charge in [0.05, 0.1) is 49.3 Å². The molecule has 0 aliphatic carbocycles. The maximum Gasteiger partial charge on any atom is 0.337 e. The second-order valence-corrected chi connectivity index (χ2v) is 6.79. The van der Waals surface area contributed by atoms with E-state index < -0.39 is 35.7 Å². The lowest BCUT2D eigenvalue weighted by Gasteiger charge is -2.30. The van der Waals surface area contributed by atoms with Gasteiger partial charge in [0, 0.05) is 5.92 Å². The Balaban J connectivity index is 2.53. The van der Waals surface area contributed by atoms with Crippen molar-refractivity contribution in [1.82, 2.24) is 5.32 Å². The van der Waals surface area contributed by atoms with E-state index in [1.807, 2.05) is 6.07 Å². The lowest BCUT2D eigenvalue weighted by atomic mass is 9.78. The van der Waals surface area contributed by atoms with Crippen LogP contribution in [0.5, 0.6) is 0 Å². The fourth-order valence-corrected chi connectivity index (χ4v) is 3.69. The van der Waals surface area contributed by atoms with Gasteiger partial charge in [-0.15, -0.1) is 0 Å². The molecular weight excluding hydrogens is 400 g/mol. The standard InChI is InChI=1S/C19H18N2O7S/c1-26-13(22)9-29-17-12(8-20)14(15(16(23)21-17)19(25)28-3)10-4-6-11(7-5-10)18(24)27-2/h4-7,14-15H,9H2,1-3H3,(H,21,23)/t14-,15+/m1/s1. The first-order valence-corrected chi connectivity index (χ1v) is 9.27. The summed E-state index contributed by atoms with van der Waals surface area (Å²) in [7, 11) is 3.61. The van der Waals surface area contributed by atoms with Crippen LogP contribution >= 0.6 is 11.8 Å². The number of hydrogen-bond donors (Lipinski definition) is 1. The molecule has 1 heterocycles. The van der Waals surface area contributed by atoms with Crippen molar-refractivity contribution in [3.8, 4) is 6.07 Å². The molecule has 0 radical (unpaired) electrons. The lowest BCUT2D eigenvalue weighted by molar-refractivity contribution is -0.150. The Morgan fingerprint density at radius 1 is 1.10 bits per heavy atom. The Kier molecular flexibility index (Phi) is 7.39. The number of carbonyl (C=O) groups excluding carboxylic acids is 4. The molecule has 0 aromatic heterocycles. The zero-order valence-corrected chi connectivity index (χ0v) is 16.7. The van der Waals surface area contributed by atoms with Crippen LogP contribution in [0.4, 0.5) is 0 Å². The summed E-state index contributed by atoms with van der Waals surface area (Å²) in [6, 6.07) is 8.02. The van der Waals surface area contributed by atoms with E-state index in [-0.39, 0.29) is 21.9 Å². The Morgan fingerprint density at radius 3 is 2.28 bits per heavy atom. The highest BCUT2D eigenvalue weighted by molar-refractivity contribution is 8.03. The van der Waals surface area contributed by atoms with Crippen LogP contribution in [0.15, 0.2) is 34.9 Å². The Labute approximate surface area is 171 Å². The molecule has 0 spiro atoms. The molecule has 2 atom stereocenters. The molecule has 152 valence electrons. The number of benzene rings is 1. The molecule has 29 heavy (non-hydrogen) atoms. The summed E-state index contributed by atoms with van der Waals surface area (Å²) in [5.41, 5.74) is 0.823. The lowest BCUT2D eigenvalue weighted by Crippen LogP contribution is -2.44. The molecule has 10 heteroatoms. The van der Waals surface area contributed by atoms with E-state index in [2.05, 4.69) is 14.8 Å². The van der Waals surface area contributed by atoms with Gasteiger partial charge >= 0.3 is 17.9 Å². The van der Waals surface area contributed by atoms with Gasteiger partial charge in [-0.1, -0.05) is 23.9 Å². The number of nitrogens with one attached hydrogen (secondary N) is 1. The third-order valence-corrected chi connectivity index (χ3v) is 5.23. The second kappa shape index (κ2) is 9.75. The average molecular weight is 418 g/mol. The number of thioether (sulfide) groups is 1. The molecule has 1 N–H and O–H groups in total. The first kappa shape index (κ1) is 22.0. The highest BCUT2D eigenvalue weighted by atomic mass is 32.2. The molecule has 1 aliphatic heterocycles. The van der Waals surface area contributed by atoms with Gasteiger partial charge in [-0.05, 0) is 17.7 Å². The van der Waals surface area contributed by atoms with Crippen molar-refractivity contribution in [3.05, 3.63) is 46.0 Å². The smallest absolute Gasteiger partial charge is 0.337 e. The first-order valence-electron chi connectivity index (χ1n) is 8.28. The number of allylic oxidation sites excluding steroid dienone is 1. The zero-order valence-electron chi connectivity index (χ0n) is 15.9. The molecule has 0 unspecified atom stereocenters. The Morgan fingerprint density at radius 2 is 1.76 bits per heavy atom. The van der Waals surface area contributed by atoms with E-state index >= 15 is 0 Å². The minimum Gasteiger partial charge on any atom is -0.468 e. The predicted molar refractivity (Wildman–Crippen MR) is 101 cm³/mol. The topological polar surface area (TPSA) is 132 Å². The van der Waals surface area contributed by atoms with Gasteiger partial charge in [0.25, 0.3) is 0 Å². The summed E-state index contributed by atoms with van der Waals surface area (Å²) >= 11 is 0.922. The third-order valence-electron chi connectivity index (χ3n) is 4.24. The minimum absolute atomic E-state index is 0.0970. The second-order valence-electron chi connectivity index (χ2n) is 5.80. The molecule has 0 bridgehead atoms. The maximum absolute atomic E-state index is 12.6. The molecule has 0 saturated heterocycles. The highest BCUT2D eigenvalue weighted by Crippen LogP contribution is 2.40. The van der Waals surface area contributed by atoms with Gasteiger partial charge in [0.1, 0.15) is 5.92 Å². The molecule has 9 nitrogen and oxygen atoms in total. The van der Waals surface area contributed by atoms with Crippen molar-refractivity contribution < 1.29 is 33.4 Å². The number of nitriles is 1. The van der Waals surface area contributed by atoms with E-state index in [4.69, 9.17) is 4.74 Å². The number of carbonyl (C=O) groups is 4. The molecule has 0 saturated carbocycles. The van der Waals surface area contributed by atoms with Crippen LogP contribution in [0.3, 0.4) is 0 Å². The SMILES string of the molecule is COC(=O)CSC1=C(C#N)[C@@H](c2ccc(C(=O)OC)cc2)[C@H](C(=O)OC)C(=O)N1. The van der Waals surface area contributed by atoms with Crippen LogP contribution in [0, 0.1) is 17.2 Å². The van der Waals surface area contributed by atoms with Crippen molar-refractivity contribution >= 4 is 35.6 Å². The van der Waals surface area contributed by atoms with E-state index in [9.17, 15) is 24.4 Å². The van der Waals surface area contributed by atoms with Gasteiger partial charge in [-0.3, -0.25) is 14.4 Å². The van der Waals surface area contributed by atoms with E-state index in [1.165, 1.54) is 38.5 Å². The normalized spacial score (nSPS) is 18.3. The van der Waals surface area contributed by atoms with Crippen molar-refractivity contribution in [2.24, 2.45) is 5.92 Å². The van der Waals surface area contributed by atoms with Gasteiger partial charge in [-0.25, -0.2) is 4.79 Å². The summed E-state index contributed by atoms with van der Waals surface area (Å²) in [5.74, 6) is -4.95. The van der Waals surface area contributed by atoms with Crippen LogP contribution in [0.25, 0.3) is 0 Å². The Bertz CT molecular complexity index is 902. The quantitative estimate of drug-likeness (QED) is 0.410. The number of methoxy groups -OCH3 is 3. The fourth-order valence-electron chi connectivity index (χ4n) is 2.81. The van der Waals surface area contributed by atoms with Crippen molar-refractivity contribution in [1.29, 1.82) is 5.26 Å². The molecule has 1 amide bonds. The number of rotatable bonds is 6. The maximum atomic E-state index is 12.6. The number of hydrogen-bond acceptors (Lipinski definition) is 9. The van der Waals surface area contributed by atoms with Crippen molar-refractivity contribution in [2.45, 2.75) is 5.92 Å². The molecule has 1 aliphatic rings. The van der Waals surface area contributed by atoms with Crippen molar-refractivity contribution in [2.75, 3.05) is 27.1 Å². The van der Waals surface area contributed by atoms with Crippen LogP contribution in [0.1, 0.15) is 21.8 Å². The molecular formula is C19H18N2O7S.